The molecule has 0 aliphatic heterocycles. The van der Waals surface area contributed by atoms with Crippen LogP contribution in [0.15, 0.2) is 35.5 Å². The van der Waals surface area contributed by atoms with Crippen molar-refractivity contribution in [1.29, 1.82) is 0 Å². The van der Waals surface area contributed by atoms with Gasteiger partial charge in [0.05, 0.1) is 11.3 Å². The van der Waals surface area contributed by atoms with Gasteiger partial charge in [-0.1, -0.05) is 50.7 Å². The standard InChI is InChI=1S/C21H34N4OSSi/c1-20(2,3)28-26-21(4,5)17-13-11-16(12-14-17)15-27-19-22-23-24-25(19)18-9-7-6-8-10-18/h6-10,16-17H,11-15,28H2,1-5H3. The fourth-order valence-corrected chi connectivity index (χ4v) is 5.85. The quantitative estimate of drug-likeness (QED) is 0.483. The Balaban J connectivity index is 1.49. The zero-order valence-electron chi connectivity index (χ0n) is 17.9. The van der Waals surface area contributed by atoms with E-state index in [0.29, 0.717) is 11.0 Å². The van der Waals surface area contributed by atoms with E-state index in [9.17, 15) is 0 Å². The van der Waals surface area contributed by atoms with Crippen molar-refractivity contribution in [2.45, 2.75) is 76.1 Å². The van der Waals surface area contributed by atoms with Crippen molar-refractivity contribution in [3.8, 4) is 5.69 Å². The summed E-state index contributed by atoms with van der Waals surface area (Å²) in [5.41, 5.74) is 1.04. The van der Waals surface area contributed by atoms with Crippen LogP contribution in [0.5, 0.6) is 0 Å². The van der Waals surface area contributed by atoms with E-state index in [1.54, 1.807) is 11.8 Å². The van der Waals surface area contributed by atoms with Crippen LogP contribution in [-0.2, 0) is 4.43 Å². The van der Waals surface area contributed by atoms with Gasteiger partial charge in [0.1, 0.15) is 0 Å². The molecule has 154 valence electrons. The Bertz CT molecular complexity index is 736. The fraction of sp³-hybridized carbons (Fsp3) is 0.667. The number of hydrogen-bond donors (Lipinski definition) is 0. The smallest absolute Gasteiger partial charge is 0.214 e. The van der Waals surface area contributed by atoms with Crippen molar-refractivity contribution in [3.63, 3.8) is 0 Å². The lowest BCUT2D eigenvalue weighted by Gasteiger charge is -2.40. The highest BCUT2D eigenvalue weighted by molar-refractivity contribution is 7.99. The van der Waals surface area contributed by atoms with Crippen LogP contribution in [-0.4, -0.2) is 41.3 Å². The lowest BCUT2D eigenvalue weighted by atomic mass is 9.75. The molecule has 0 amide bonds. The van der Waals surface area contributed by atoms with Crippen molar-refractivity contribution >= 4 is 21.5 Å². The lowest BCUT2D eigenvalue weighted by molar-refractivity contribution is 0.0186. The molecule has 1 aromatic carbocycles. The van der Waals surface area contributed by atoms with Crippen LogP contribution in [0.3, 0.4) is 0 Å². The van der Waals surface area contributed by atoms with Gasteiger partial charge in [0.2, 0.25) is 5.16 Å². The molecule has 5 nitrogen and oxygen atoms in total. The predicted molar refractivity (Wildman–Crippen MR) is 119 cm³/mol. The summed E-state index contributed by atoms with van der Waals surface area (Å²) in [5.74, 6) is 2.49. The summed E-state index contributed by atoms with van der Waals surface area (Å²) in [6.07, 6.45) is 5.07. The number of aromatic nitrogens is 4. The molecule has 0 saturated heterocycles. The van der Waals surface area contributed by atoms with E-state index < -0.39 is 9.76 Å². The van der Waals surface area contributed by atoms with Gasteiger partial charge in [0.15, 0.2) is 9.76 Å². The normalized spacial score (nSPS) is 21.5. The molecule has 0 N–H and O–H groups in total. The van der Waals surface area contributed by atoms with Crippen LogP contribution < -0.4 is 0 Å². The topological polar surface area (TPSA) is 52.8 Å². The van der Waals surface area contributed by atoms with Gasteiger partial charge in [-0.2, -0.15) is 4.68 Å². The van der Waals surface area contributed by atoms with Crippen LogP contribution >= 0.6 is 11.8 Å². The summed E-state index contributed by atoms with van der Waals surface area (Å²) in [6, 6.07) is 10.1. The van der Waals surface area contributed by atoms with E-state index >= 15 is 0 Å². The number of thioether (sulfide) groups is 1. The summed E-state index contributed by atoms with van der Waals surface area (Å²) < 4.78 is 8.29. The zero-order chi connectivity index (χ0) is 20.2. The monoisotopic (exact) mass is 418 g/mol. The van der Waals surface area contributed by atoms with E-state index in [1.807, 2.05) is 35.0 Å². The molecular formula is C21H34N4OSSi. The van der Waals surface area contributed by atoms with Gasteiger partial charge in [0.25, 0.3) is 0 Å². The number of tetrazole rings is 1. The molecule has 1 fully saturated rings. The minimum atomic E-state index is -0.510. The molecule has 1 aliphatic carbocycles. The minimum Gasteiger partial charge on any atom is -0.418 e. The highest BCUT2D eigenvalue weighted by Gasteiger charge is 2.34. The van der Waals surface area contributed by atoms with E-state index in [1.165, 1.54) is 25.7 Å². The first kappa shape index (κ1) is 21.5. The van der Waals surface area contributed by atoms with Crippen LogP contribution in [0, 0.1) is 11.8 Å². The summed E-state index contributed by atoms with van der Waals surface area (Å²) in [6.45, 7) is 11.5. The molecule has 0 spiro atoms. The molecule has 1 aliphatic rings. The second kappa shape index (κ2) is 9.09. The first-order valence-electron chi connectivity index (χ1n) is 10.4. The van der Waals surface area contributed by atoms with Crippen molar-refractivity contribution in [2.75, 3.05) is 5.75 Å². The molecule has 28 heavy (non-hydrogen) atoms. The van der Waals surface area contributed by atoms with E-state index in [2.05, 4.69) is 50.1 Å². The Morgan fingerprint density at radius 2 is 1.75 bits per heavy atom. The second-order valence-corrected chi connectivity index (χ2v) is 13.4. The van der Waals surface area contributed by atoms with Crippen LogP contribution in [0.1, 0.15) is 60.3 Å². The third-order valence-electron chi connectivity index (χ3n) is 5.60. The van der Waals surface area contributed by atoms with Gasteiger partial charge in [-0.15, -0.1) is 5.10 Å². The molecule has 1 saturated carbocycles. The molecule has 2 aromatic rings. The maximum atomic E-state index is 6.46. The second-order valence-electron chi connectivity index (χ2n) is 9.69. The molecule has 1 heterocycles. The highest BCUT2D eigenvalue weighted by atomic mass is 32.2. The van der Waals surface area contributed by atoms with Gasteiger partial charge in [-0.25, -0.2) is 0 Å². The molecule has 0 bridgehead atoms. The van der Waals surface area contributed by atoms with Gasteiger partial charge in [-0.3, -0.25) is 0 Å². The number of benzene rings is 1. The lowest BCUT2D eigenvalue weighted by Crippen LogP contribution is -2.39. The maximum absolute atomic E-state index is 6.46. The summed E-state index contributed by atoms with van der Waals surface area (Å²) >= 11 is 1.78. The number of rotatable bonds is 7. The zero-order valence-corrected chi connectivity index (χ0v) is 20.1. The fourth-order valence-electron chi connectivity index (χ4n) is 3.74. The van der Waals surface area contributed by atoms with E-state index in [0.717, 1.165) is 22.5 Å². The van der Waals surface area contributed by atoms with Crippen molar-refractivity contribution in [3.05, 3.63) is 30.3 Å². The molecule has 0 atom stereocenters. The Morgan fingerprint density at radius 3 is 2.39 bits per heavy atom. The van der Waals surface area contributed by atoms with Gasteiger partial charge < -0.3 is 4.43 Å². The predicted octanol–water partition coefficient (Wildman–Crippen LogP) is 4.66. The first-order chi connectivity index (χ1) is 13.2. The summed E-state index contributed by atoms with van der Waals surface area (Å²) in [4.78, 5) is 0. The molecular weight excluding hydrogens is 384 g/mol. The van der Waals surface area contributed by atoms with E-state index in [-0.39, 0.29) is 5.60 Å². The van der Waals surface area contributed by atoms with Crippen molar-refractivity contribution in [2.24, 2.45) is 11.8 Å². The first-order valence-corrected chi connectivity index (χ1v) is 12.6. The Kier molecular flexibility index (Phi) is 6.99. The molecule has 1 aromatic heterocycles. The maximum Gasteiger partial charge on any atom is 0.214 e. The summed E-state index contributed by atoms with van der Waals surface area (Å²) in [5, 5.41) is 13.5. The van der Waals surface area contributed by atoms with E-state index in [4.69, 9.17) is 4.43 Å². The third kappa shape index (κ3) is 5.91. The summed E-state index contributed by atoms with van der Waals surface area (Å²) in [7, 11) is -0.510. The molecule has 0 radical (unpaired) electrons. The van der Waals surface area contributed by atoms with Crippen LogP contribution in [0.25, 0.3) is 5.69 Å². The molecule has 7 heteroatoms. The average molecular weight is 419 g/mol. The SMILES string of the molecule is CC(C)(C)[SiH2]OC(C)(C)C1CCC(CSc2nnnn2-c2ccccc2)CC1. The number of nitrogens with zero attached hydrogens (tertiary/aromatic N) is 4. The number of para-hydroxylation sites is 1. The van der Waals surface area contributed by atoms with Gasteiger partial charge in [-0.05, 0) is 79.0 Å². The minimum absolute atomic E-state index is 0.0228. The Morgan fingerprint density at radius 1 is 1.07 bits per heavy atom. The van der Waals surface area contributed by atoms with Crippen LogP contribution in [0.4, 0.5) is 0 Å². The Labute approximate surface area is 176 Å². The van der Waals surface area contributed by atoms with Gasteiger partial charge >= 0.3 is 0 Å². The largest absolute Gasteiger partial charge is 0.418 e. The van der Waals surface area contributed by atoms with Crippen molar-refractivity contribution < 1.29 is 4.43 Å². The molecule has 0 unspecified atom stereocenters. The van der Waals surface area contributed by atoms with Crippen molar-refractivity contribution in [1.82, 2.24) is 20.2 Å². The Hall–Kier alpha value is -1.18. The highest BCUT2D eigenvalue weighted by Crippen LogP contribution is 2.39. The molecule has 3 rings (SSSR count). The number of hydrogen-bond acceptors (Lipinski definition) is 5. The van der Waals surface area contributed by atoms with Gasteiger partial charge in [0, 0.05) is 5.75 Å². The third-order valence-corrected chi connectivity index (χ3v) is 8.50. The average Bonchev–Trinajstić information content (AvgIpc) is 3.14. The van der Waals surface area contributed by atoms with Crippen LogP contribution in [0.2, 0.25) is 5.04 Å².